The van der Waals surface area contributed by atoms with Crippen molar-refractivity contribution in [3.63, 3.8) is 0 Å². The van der Waals surface area contributed by atoms with Gasteiger partial charge in [-0.25, -0.2) is 4.79 Å². The third-order valence-electron chi connectivity index (χ3n) is 5.86. The molecular weight excluding hydrogens is 352 g/mol. The number of hydrogen-bond donors (Lipinski definition) is 1. The smallest absolute Gasteiger partial charge is 0.410 e. The van der Waals surface area contributed by atoms with Crippen LogP contribution in [0, 0.1) is 11.3 Å². The van der Waals surface area contributed by atoms with Gasteiger partial charge < -0.3 is 14.7 Å². The van der Waals surface area contributed by atoms with E-state index in [1.165, 1.54) is 0 Å². The third kappa shape index (κ3) is 3.88. The summed E-state index contributed by atoms with van der Waals surface area (Å²) in [5.74, 6) is 0. The van der Waals surface area contributed by atoms with Gasteiger partial charge >= 0.3 is 6.09 Å². The molecule has 28 heavy (non-hydrogen) atoms. The minimum Gasteiger partial charge on any atom is -0.445 e. The van der Waals surface area contributed by atoms with Gasteiger partial charge in [-0.05, 0) is 48.9 Å². The molecule has 1 N–H and O–H groups in total. The van der Waals surface area contributed by atoms with Crippen molar-refractivity contribution in [2.24, 2.45) is 0 Å². The minimum absolute atomic E-state index is 0.00572. The van der Waals surface area contributed by atoms with Crippen molar-refractivity contribution in [3.05, 3.63) is 71.3 Å². The normalized spacial score (nSPS) is 25.9. The Balaban J connectivity index is 1.40. The number of aliphatic hydroxyl groups is 1. The highest BCUT2D eigenvalue weighted by Gasteiger charge is 2.49. The van der Waals surface area contributed by atoms with E-state index < -0.39 is 5.60 Å². The molecule has 2 aliphatic rings. The Morgan fingerprint density at radius 1 is 1.11 bits per heavy atom. The predicted octanol–water partition coefficient (Wildman–Crippen LogP) is 3.80. The highest BCUT2D eigenvalue weighted by Crippen LogP contribution is 2.42. The number of benzene rings is 2. The molecule has 4 rings (SSSR count). The van der Waals surface area contributed by atoms with Crippen LogP contribution in [-0.4, -0.2) is 33.8 Å². The molecule has 0 spiro atoms. The lowest BCUT2D eigenvalue weighted by Crippen LogP contribution is -2.54. The van der Waals surface area contributed by atoms with E-state index in [2.05, 4.69) is 6.07 Å². The van der Waals surface area contributed by atoms with E-state index in [0.29, 0.717) is 24.8 Å². The molecule has 5 heteroatoms. The van der Waals surface area contributed by atoms with Crippen LogP contribution in [0.25, 0.3) is 0 Å². The van der Waals surface area contributed by atoms with Crippen LogP contribution in [0.5, 0.6) is 0 Å². The fourth-order valence-electron chi connectivity index (χ4n) is 4.69. The van der Waals surface area contributed by atoms with Crippen molar-refractivity contribution in [2.75, 3.05) is 0 Å². The first-order valence-corrected chi connectivity index (χ1v) is 9.77. The summed E-state index contributed by atoms with van der Waals surface area (Å²) in [7, 11) is 0. The van der Waals surface area contributed by atoms with E-state index in [4.69, 9.17) is 10.00 Å². The van der Waals surface area contributed by atoms with Crippen LogP contribution in [0.1, 0.15) is 42.4 Å². The maximum Gasteiger partial charge on any atom is 0.410 e. The second-order valence-corrected chi connectivity index (χ2v) is 7.95. The predicted molar refractivity (Wildman–Crippen MR) is 104 cm³/mol. The number of nitriles is 1. The van der Waals surface area contributed by atoms with Crippen molar-refractivity contribution in [1.29, 1.82) is 5.26 Å². The Bertz CT molecular complexity index is 876. The molecule has 0 saturated carbocycles. The number of ether oxygens (including phenoxy) is 1. The summed E-state index contributed by atoms with van der Waals surface area (Å²) in [6, 6.07) is 19.2. The molecule has 2 unspecified atom stereocenters. The number of carbonyl (C=O) groups is 1. The zero-order chi connectivity index (χ0) is 19.6. The summed E-state index contributed by atoms with van der Waals surface area (Å²) in [6.45, 7) is 0.265. The van der Waals surface area contributed by atoms with Gasteiger partial charge in [-0.15, -0.1) is 0 Å². The van der Waals surface area contributed by atoms with Crippen LogP contribution in [0.15, 0.2) is 54.6 Å². The van der Waals surface area contributed by atoms with E-state index in [9.17, 15) is 9.90 Å². The first-order valence-electron chi connectivity index (χ1n) is 9.77. The fourth-order valence-corrected chi connectivity index (χ4v) is 4.69. The van der Waals surface area contributed by atoms with Gasteiger partial charge in [0.2, 0.25) is 0 Å². The number of carbonyl (C=O) groups excluding carboxylic acids is 1. The Kier molecular flexibility index (Phi) is 5.06. The van der Waals surface area contributed by atoms with Crippen LogP contribution >= 0.6 is 0 Å². The van der Waals surface area contributed by atoms with E-state index in [-0.39, 0.29) is 24.8 Å². The van der Waals surface area contributed by atoms with E-state index in [1.54, 1.807) is 6.07 Å². The lowest BCUT2D eigenvalue weighted by Gasteiger charge is -2.43. The molecule has 2 aromatic rings. The summed E-state index contributed by atoms with van der Waals surface area (Å²) in [6.07, 6.45) is 3.09. The molecule has 144 valence electrons. The maximum absolute atomic E-state index is 12.7. The molecule has 2 heterocycles. The van der Waals surface area contributed by atoms with Crippen LogP contribution in [0.3, 0.4) is 0 Å². The number of fused-ring (bicyclic) bond motifs is 2. The molecule has 0 radical (unpaired) electrons. The molecule has 2 bridgehead atoms. The highest BCUT2D eigenvalue weighted by atomic mass is 16.6. The quantitative estimate of drug-likeness (QED) is 0.881. The van der Waals surface area contributed by atoms with Gasteiger partial charge in [-0.1, -0.05) is 42.5 Å². The standard InChI is InChI=1S/C23H24N2O3/c24-15-19-8-4-7-18(11-19)12-23(27)13-20-9-10-21(14-23)25(20)22(26)28-16-17-5-2-1-3-6-17/h1-8,11,20-21,27H,9-10,12-14,16H2. The fraction of sp³-hybridized carbons (Fsp3) is 0.391. The molecular formula is C23H24N2O3. The molecule has 2 aromatic carbocycles. The minimum atomic E-state index is -0.851. The molecule has 5 nitrogen and oxygen atoms in total. The molecule has 2 saturated heterocycles. The van der Waals surface area contributed by atoms with Gasteiger partial charge in [-0.3, -0.25) is 0 Å². The monoisotopic (exact) mass is 376 g/mol. The van der Waals surface area contributed by atoms with Crippen molar-refractivity contribution in [2.45, 2.75) is 56.4 Å². The highest BCUT2D eigenvalue weighted by molar-refractivity contribution is 5.69. The molecule has 2 fully saturated rings. The SMILES string of the molecule is N#Cc1cccc(CC2(O)CC3CCC(C2)N3C(=O)OCc2ccccc2)c1. The van der Waals surface area contributed by atoms with Gasteiger partial charge in [0.25, 0.3) is 0 Å². The second kappa shape index (κ2) is 7.65. The number of nitrogens with zero attached hydrogens (tertiary/aromatic N) is 2. The zero-order valence-electron chi connectivity index (χ0n) is 15.8. The van der Waals surface area contributed by atoms with Crippen LogP contribution in [0.2, 0.25) is 0 Å². The topological polar surface area (TPSA) is 73.6 Å². The van der Waals surface area contributed by atoms with Gasteiger partial charge in [0.05, 0.1) is 17.2 Å². The number of piperidine rings is 1. The molecule has 0 aromatic heterocycles. The summed E-state index contributed by atoms with van der Waals surface area (Å²) in [5.41, 5.74) is 1.68. The largest absolute Gasteiger partial charge is 0.445 e. The van der Waals surface area contributed by atoms with E-state index in [1.807, 2.05) is 53.4 Å². The first kappa shape index (κ1) is 18.5. The molecule has 1 amide bonds. The summed E-state index contributed by atoms with van der Waals surface area (Å²) in [4.78, 5) is 14.5. The molecule has 2 aliphatic heterocycles. The average molecular weight is 376 g/mol. The first-order chi connectivity index (χ1) is 13.6. The lowest BCUT2D eigenvalue weighted by atomic mass is 9.81. The lowest BCUT2D eigenvalue weighted by molar-refractivity contribution is -0.0485. The van der Waals surface area contributed by atoms with Crippen LogP contribution in [0.4, 0.5) is 4.79 Å². The van der Waals surface area contributed by atoms with E-state index in [0.717, 1.165) is 24.0 Å². The number of hydrogen-bond acceptors (Lipinski definition) is 4. The van der Waals surface area contributed by atoms with Crippen molar-refractivity contribution in [3.8, 4) is 6.07 Å². The Morgan fingerprint density at radius 3 is 2.46 bits per heavy atom. The van der Waals surface area contributed by atoms with Crippen LogP contribution in [-0.2, 0) is 17.8 Å². The average Bonchev–Trinajstić information content (AvgIpc) is 2.99. The Hall–Kier alpha value is -2.84. The van der Waals surface area contributed by atoms with Gasteiger partial charge in [-0.2, -0.15) is 5.26 Å². The van der Waals surface area contributed by atoms with Crippen molar-refractivity contribution >= 4 is 6.09 Å². The Morgan fingerprint density at radius 2 is 1.79 bits per heavy atom. The van der Waals surface area contributed by atoms with Crippen molar-refractivity contribution in [1.82, 2.24) is 4.90 Å². The Labute approximate surface area is 165 Å². The third-order valence-corrected chi connectivity index (χ3v) is 5.86. The van der Waals surface area contributed by atoms with Gasteiger partial charge in [0.1, 0.15) is 6.61 Å². The summed E-state index contributed by atoms with van der Waals surface area (Å²) < 4.78 is 5.53. The summed E-state index contributed by atoms with van der Waals surface area (Å²) in [5, 5.41) is 20.3. The van der Waals surface area contributed by atoms with E-state index >= 15 is 0 Å². The van der Waals surface area contributed by atoms with Crippen LogP contribution < -0.4 is 0 Å². The van der Waals surface area contributed by atoms with Gasteiger partial charge in [0.15, 0.2) is 0 Å². The second-order valence-electron chi connectivity index (χ2n) is 7.95. The summed E-state index contributed by atoms with van der Waals surface area (Å²) >= 11 is 0. The molecule has 0 aliphatic carbocycles. The zero-order valence-corrected chi connectivity index (χ0v) is 15.8. The van der Waals surface area contributed by atoms with Gasteiger partial charge in [0, 0.05) is 18.5 Å². The number of rotatable bonds is 4. The number of amides is 1. The molecule has 2 atom stereocenters. The van der Waals surface area contributed by atoms with Crippen molar-refractivity contribution < 1.29 is 14.6 Å². The maximum atomic E-state index is 12.7.